The van der Waals surface area contributed by atoms with E-state index in [9.17, 15) is 15.0 Å². The van der Waals surface area contributed by atoms with Crippen LogP contribution < -0.4 is 4.74 Å². The number of aliphatic carboxylic acids is 1. The lowest BCUT2D eigenvalue weighted by atomic mass is 9.90. The second-order valence-corrected chi connectivity index (χ2v) is 11.6. The third kappa shape index (κ3) is 6.73. The Balaban J connectivity index is 1.32. The lowest BCUT2D eigenvalue weighted by Crippen LogP contribution is -2.40. The second kappa shape index (κ2) is 12.1. The van der Waals surface area contributed by atoms with Gasteiger partial charge in [0.25, 0.3) is 0 Å². The van der Waals surface area contributed by atoms with E-state index in [1.807, 2.05) is 48.5 Å². The lowest BCUT2D eigenvalue weighted by Gasteiger charge is -2.27. The zero-order valence-electron chi connectivity index (χ0n) is 23.0. The smallest absolute Gasteiger partial charge is 0.317 e. The maximum Gasteiger partial charge on any atom is 0.317 e. The molecule has 1 saturated heterocycles. The zero-order chi connectivity index (χ0) is 28.3. The van der Waals surface area contributed by atoms with E-state index in [0.29, 0.717) is 18.2 Å². The van der Waals surface area contributed by atoms with Crippen LogP contribution in [0.1, 0.15) is 54.6 Å². The van der Waals surface area contributed by atoms with Gasteiger partial charge >= 0.3 is 5.97 Å². The number of benzene rings is 2. The maximum absolute atomic E-state index is 11.6. The van der Waals surface area contributed by atoms with Gasteiger partial charge in [-0.15, -0.1) is 0 Å². The topological polar surface area (TPSA) is 86.1 Å². The van der Waals surface area contributed by atoms with Gasteiger partial charge in [-0.25, -0.2) is 0 Å². The first-order chi connectivity index (χ1) is 19.2. The highest BCUT2D eigenvalue weighted by Gasteiger charge is 2.29. The third-order valence-corrected chi connectivity index (χ3v) is 7.97. The first-order valence-corrected chi connectivity index (χ1v) is 14.1. The van der Waals surface area contributed by atoms with Crippen LogP contribution in [0.4, 0.5) is 0 Å². The van der Waals surface area contributed by atoms with Crippen molar-refractivity contribution in [2.24, 2.45) is 0 Å². The minimum Gasteiger partial charge on any atom is -0.487 e. The number of ether oxygens (including phenoxy) is 1. The van der Waals surface area contributed by atoms with Crippen molar-refractivity contribution in [2.75, 3.05) is 26.2 Å². The molecule has 0 bridgehead atoms. The van der Waals surface area contributed by atoms with Gasteiger partial charge in [-0.3, -0.25) is 14.7 Å². The minimum atomic E-state index is -0.970. The van der Waals surface area contributed by atoms with E-state index < -0.39 is 11.6 Å². The van der Waals surface area contributed by atoms with Crippen molar-refractivity contribution in [3.8, 4) is 5.75 Å². The summed E-state index contributed by atoms with van der Waals surface area (Å²) in [6.45, 7) is 7.16. The predicted molar refractivity (Wildman–Crippen MR) is 156 cm³/mol. The van der Waals surface area contributed by atoms with Crippen LogP contribution in [-0.4, -0.2) is 63.2 Å². The number of aliphatic hydroxyl groups is 1. The molecular weight excluding hydrogens is 526 g/mol. The summed E-state index contributed by atoms with van der Waals surface area (Å²) in [5.41, 5.74) is 4.87. The van der Waals surface area contributed by atoms with Gasteiger partial charge in [0.1, 0.15) is 12.4 Å². The van der Waals surface area contributed by atoms with E-state index in [-0.39, 0.29) is 12.6 Å². The third-order valence-electron chi connectivity index (χ3n) is 7.72. The largest absolute Gasteiger partial charge is 0.487 e. The molecule has 2 N–H and O–H groups in total. The summed E-state index contributed by atoms with van der Waals surface area (Å²) in [4.78, 5) is 20.7. The SMILES string of the molecule is CC(C)(O)c1ccc2c(c1)/C(=C/CCN1CCC(N(CC(=O)O)Cc3ccc(Cl)cc3)C1)c1cccnc1CO2. The number of hydrogen-bond donors (Lipinski definition) is 2. The molecule has 1 aromatic heterocycles. The molecule has 1 atom stereocenters. The fourth-order valence-corrected chi connectivity index (χ4v) is 5.70. The number of nitrogens with zero attached hydrogens (tertiary/aromatic N) is 3. The van der Waals surface area contributed by atoms with Crippen molar-refractivity contribution in [2.45, 2.75) is 51.5 Å². The lowest BCUT2D eigenvalue weighted by molar-refractivity contribution is -0.139. The molecule has 2 aliphatic heterocycles. The average Bonchev–Trinajstić information content (AvgIpc) is 3.33. The summed E-state index contributed by atoms with van der Waals surface area (Å²) >= 11 is 6.04. The molecule has 3 aromatic rings. The molecule has 0 saturated carbocycles. The van der Waals surface area contributed by atoms with Crippen LogP contribution in [0.2, 0.25) is 5.02 Å². The van der Waals surface area contributed by atoms with E-state index in [1.165, 1.54) is 0 Å². The molecule has 2 aromatic carbocycles. The van der Waals surface area contributed by atoms with Crippen LogP contribution in [-0.2, 0) is 23.5 Å². The molecule has 3 heterocycles. The van der Waals surface area contributed by atoms with Gasteiger partial charge in [0.05, 0.1) is 17.8 Å². The fraction of sp³-hybridized carbons (Fsp3) is 0.375. The van der Waals surface area contributed by atoms with Crippen molar-refractivity contribution < 1.29 is 19.7 Å². The van der Waals surface area contributed by atoms with E-state index in [2.05, 4.69) is 26.9 Å². The highest BCUT2D eigenvalue weighted by atomic mass is 35.5. The molecule has 1 fully saturated rings. The number of carboxylic acid groups (broad SMARTS) is 1. The Labute approximate surface area is 240 Å². The summed E-state index contributed by atoms with van der Waals surface area (Å²) in [5.74, 6) is -0.0332. The predicted octanol–water partition coefficient (Wildman–Crippen LogP) is 5.34. The van der Waals surface area contributed by atoms with Gasteiger partial charge in [-0.1, -0.05) is 41.9 Å². The summed E-state index contributed by atoms with van der Waals surface area (Å²) in [5, 5.41) is 20.9. The Kier molecular flexibility index (Phi) is 8.57. The molecule has 40 heavy (non-hydrogen) atoms. The van der Waals surface area contributed by atoms with Crippen LogP contribution in [0.25, 0.3) is 5.57 Å². The van der Waals surface area contributed by atoms with Crippen LogP contribution >= 0.6 is 11.6 Å². The Morgan fingerprint density at radius 1 is 1.20 bits per heavy atom. The number of aromatic nitrogens is 1. The van der Waals surface area contributed by atoms with Crippen LogP contribution in [0, 0.1) is 0 Å². The number of hydrogen-bond acceptors (Lipinski definition) is 6. The van der Waals surface area contributed by atoms with Crippen LogP contribution in [0.5, 0.6) is 5.75 Å². The van der Waals surface area contributed by atoms with Crippen LogP contribution in [0.15, 0.2) is 66.9 Å². The quantitative estimate of drug-likeness (QED) is 0.365. The van der Waals surface area contributed by atoms with E-state index >= 15 is 0 Å². The number of likely N-dealkylation sites (tertiary alicyclic amines) is 1. The number of pyridine rings is 1. The first-order valence-electron chi connectivity index (χ1n) is 13.7. The molecule has 1 unspecified atom stereocenters. The molecule has 7 nitrogen and oxygen atoms in total. The Bertz CT molecular complexity index is 1380. The van der Waals surface area contributed by atoms with Gasteiger partial charge in [-0.2, -0.15) is 0 Å². The van der Waals surface area contributed by atoms with Crippen molar-refractivity contribution in [1.82, 2.24) is 14.8 Å². The summed E-state index contributed by atoms with van der Waals surface area (Å²) in [7, 11) is 0. The number of halogens is 1. The molecule has 8 heteroatoms. The van der Waals surface area contributed by atoms with Gasteiger partial charge in [0, 0.05) is 48.0 Å². The van der Waals surface area contributed by atoms with Crippen molar-refractivity contribution in [3.05, 3.63) is 99.8 Å². The molecule has 210 valence electrons. The zero-order valence-corrected chi connectivity index (χ0v) is 23.8. The molecule has 5 rings (SSSR count). The van der Waals surface area contributed by atoms with E-state index in [4.69, 9.17) is 16.3 Å². The summed E-state index contributed by atoms with van der Waals surface area (Å²) < 4.78 is 6.12. The summed E-state index contributed by atoms with van der Waals surface area (Å²) in [6.07, 6.45) is 5.78. The summed E-state index contributed by atoms with van der Waals surface area (Å²) in [6, 6.07) is 17.7. The van der Waals surface area contributed by atoms with E-state index in [0.717, 1.165) is 71.7 Å². The number of fused-ring (bicyclic) bond motifs is 2. The van der Waals surface area contributed by atoms with Crippen LogP contribution in [0.3, 0.4) is 0 Å². The number of carboxylic acids is 1. The Morgan fingerprint density at radius 3 is 2.75 bits per heavy atom. The fourth-order valence-electron chi connectivity index (χ4n) is 5.57. The Morgan fingerprint density at radius 2 is 2.00 bits per heavy atom. The maximum atomic E-state index is 11.6. The van der Waals surface area contributed by atoms with Crippen molar-refractivity contribution >= 4 is 23.1 Å². The number of rotatable bonds is 9. The first kappa shape index (κ1) is 28.3. The van der Waals surface area contributed by atoms with Gasteiger partial charge < -0.3 is 19.8 Å². The van der Waals surface area contributed by atoms with Crippen molar-refractivity contribution in [3.63, 3.8) is 0 Å². The van der Waals surface area contributed by atoms with Gasteiger partial charge in [-0.05, 0) is 80.3 Å². The molecule has 0 spiro atoms. The average molecular weight is 562 g/mol. The molecular formula is C32H36ClN3O4. The minimum absolute atomic E-state index is 0.00922. The highest BCUT2D eigenvalue weighted by Crippen LogP contribution is 2.38. The highest BCUT2D eigenvalue weighted by molar-refractivity contribution is 6.30. The second-order valence-electron chi connectivity index (χ2n) is 11.1. The monoisotopic (exact) mass is 561 g/mol. The van der Waals surface area contributed by atoms with Gasteiger partial charge in [0.2, 0.25) is 0 Å². The Hall–Kier alpha value is -3.23. The van der Waals surface area contributed by atoms with E-state index in [1.54, 1.807) is 20.0 Å². The number of carbonyl (C=O) groups is 1. The van der Waals surface area contributed by atoms with Gasteiger partial charge in [0.15, 0.2) is 0 Å². The normalized spacial score (nSPS) is 18.3. The molecule has 0 amide bonds. The standard InChI is InChI=1S/C32H36ClN3O4/c1-32(2,39)23-9-12-30-28(17-23)26(27-5-3-14-34-29(27)21-40-30)6-4-15-35-16-13-25(19-35)36(20-31(37)38)18-22-7-10-24(33)11-8-22/h3,5-12,14,17,25,39H,4,13,15-16,18-21H2,1-2H3,(H,37,38)/b26-6+. The van der Waals surface area contributed by atoms with Crippen molar-refractivity contribution in [1.29, 1.82) is 0 Å². The molecule has 0 aliphatic carbocycles. The molecule has 2 aliphatic rings. The molecule has 0 radical (unpaired) electrons.